The molecule has 12 heavy (non-hydrogen) atoms. The van der Waals surface area contributed by atoms with Crippen molar-refractivity contribution in [3.8, 4) is 0 Å². The molecule has 0 radical (unpaired) electrons. The number of nitrogens with zero attached hydrogens (tertiary/aromatic N) is 1. The molecule has 0 rings (SSSR count). The van der Waals surface area contributed by atoms with Crippen molar-refractivity contribution < 1.29 is 31.3 Å². The molecule has 0 saturated heterocycles. The zero-order valence-corrected chi connectivity index (χ0v) is 11.3. The van der Waals surface area contributed by atoms with Crippen molar-refractivity contribution in [1.82, 2.24) is 4.90 Å². The van der Waals surface area contributed by atoms with Crippen molar-refractivity contribution >= 4 is 0 Å². The third-order valence-corrected chi connectivity index (χ3v) is 2.38. The summed E-state index contributed by atoms with van der Waals surface area (Å²) in [7, 11) is 0. The summed E-state index contributed by atoms with van der Waals surface area (Å²) in [5, 5.41) is 9.68. The summed E-state index contributed by atoms with van der Waals surface area (Å²) in [6.45, 7) is 12.0. The Morgan fingerprint density at radius 3 is 1.67 bits per heavy atom. The van der Waals surface area contributed by atoms with Gasteiger partial charge in [-0.2, -0.15) is 0 Å². The molecule has 72 valence electrons. The molecule has 0 fully saturated rings. The van der Waals surface area contributed by atoms with Gasteiger partial charge in [-0.25, -0.2) is 0 Å². The monoisotopic (exact) mass is 249 g/mol. The first-order chi connectivity index (χ1) is 4.93. The van der Waals surface area contributed by atoms with Gasteiger partial charge in [0.2, 0.25) is 0 Å². The van der Waals surface area contributed by atoms with Crippen LogP contribution in [0.4, 0.5) is 0 Å². The zero-order valence-electron chi connectivity index (χ0n) is 8.89. The van der Waals surface area contributed by atoms with Crippen molar-refractivity contribution in [3.63, 3.8) is 0 Å². The molecule has 0 aliphatic carbocycles. The van der Waals surface area contributed by atoms with Gasteiger partial charge in [-0.05, 0) is 33.9 Å². The van der Waals surface area contributed by atoms with Gasteiger partial charge in [-0.1, -0.05) is 13.8 Å². The van der Waals surface area contributed by atoms with E-state index in [0.29, 0.717) is 0 Å². The smallest absolute Gasteiger partial charge is 0.0743 e. The molecule has 0 aromatic rings. The fourth-order valence-electron chi connectivity index (χ4n) is 1.22. The molecule has 0 aromatic heterocycles. The van der Waals surface area contributed by atoms with E-state index in [2.05, 4.69) is 25.7 Å². The molecular formula is C9H21NOZr. The van der Waals surface area contributed by atoms with Gasteiger partial charge < -0.3 is 5.11 Å². The van der Waals surface area contributed by atoms with E-state index in [-0.39, 0.29) is 32.2 Å². The molecule has 1 N–H and O–H groups in total. The van der Waals surface area contributed by atoms with Gasteiger partial charge in [0.05, 0.1) is 5.60 Å². The SMILES string of the molecule is CCN(CC)C(C)C(C)(C)O.[Zr]. The van der Waals surface area contributed by atoms with Crippen LogP contribution in [0.3, 0.4) is 0 Å². The molecule has 1 atom stereocenters. The Labute approximate surface area is 95.5 Å². The van der Waals surface area contributed by atoms with Crippen LogP contribution in [0, 0.1) is 0 Å². The predicted molar refractivity (Wildman–Crippen MR) is 48.7 cm³/mol. The number of hydrogen-bond donors (Lipinski definition) is 1. The second kappa shape index (κ2) is 6.29. The summed E-state index contributed by atoms with van der Waals surface area (Å²) in [4.78, 5) is 2.25. The van der Waals surface area contributed by atoms with Crippen LogP contribution in [0.2, 0.25) is 0 Å². The second-order valence-electron chi connectivity index (χ2n) is 3.55. The van der Waals surface area contributed by atoms with Gasteiger partial charge in [0.15, 0.2) is 0 Å². The minimum atomic E-state index is -0.591. The Balaban J connectivity index is 0. The summed E-state index contributed by atoms with van der Waals surface area (Å²) in [6, 6.07) is 0.234. The summed E-state index contributed by atoms with van der Waals surface area (Å²) >= 11 is 0. The average molecular weight is 250 g/mol. The van der Waals surface area contributed by atoms with Crippen molar-refractivity contribution in [2.45, 2.75) is 46.3 Å². The average Bonchev–Trinajstić information content (AvgIpc) is 1.88. The zero-order chi connectivity index (χ0) is 9.07. The maximum atomic E-state index is 9.68. The minimum Gasteiger partial charge on any atom is -0.389 e. The Kier molecular flexibility index (Phi) is 8.01. The normalized spacial score (nSPS) is 14.2. The van der Waals surface area contributed by atoms with E-state index in [0.717, 1.165) is 13.1 Å². The molecule has 3 heteroatoms. The molecule has 0 saturated carbocycles. The third-order valence-electron chi connectivity index (χ3n) is 2.38. The van der Waals surface area contributed by atoms with Crippen LogP contribution < -0.4 is 0 Å². The Morgan fingerprint density at radius 2 is 1.58 bits per heavy atom. The van der Waals surface area contributed by atoms with E-state index >= 15 is 0 Å². The third kappa shape index (κ3) is 4.74. The van der Waals surface area contributed by atoms with Crippen LogP contribution >= 0.6 is 0 Å². The molecule has 0 aliphatic heterocycles. The second-order valence-corrected chi connectivity index (χ2v) is 3.55. The maximum absolute atomic E-state index is 9.68. The quantitative estimate of drug-likeness (QED) is 0.817. The van der Waals surface area contributed by atoms with Crippen LogP contribution in [-0.2, 0) is 26.2 Å². The molecule has 0 aromatic carbocycles. The molecule has 0 aliphatic rings. The molecule has 0 amide bonds. The first-order valence-electron chi connectivity index (χ1n) is 4.39. The summed E-state index contributed by atoms with van der Waals surface area (Å²) < 4.78 is 0. The molecule has 0 bridgehead atoms. The molecule has 1 unspecified atom stereocenters. The number of likely N-dealkylation sites (N-methyl/N-ethyl adjacent to an activating group) is 1. The van der Waals surface area contributed by atoms with Crippen LogP contribution in [-0.4, -0.2) is 34.7 Å². The van der Waals surface area contributed by atoms with Gasteiger partial charge in [-0.15, -0.1) is 0 Å². The van der Waals surface area contributed by atoms with Gasteiger partial charge in [0.1, 0.15) is 0 Å². The number of rotatable bonds is 4. The van der Waals surface area contributed by atoms with Crippen LogP contribution in [0.25, 0.3) is 0 Å². The first-order valence-corrected chi connectivity index (χ1v) is 4.39. The van der Waals surface area contributed by atoms with Crippen molar-refractivity contribution in [2.24, 2.45) is 0 Å². The minimum absolute atomic E-state index is 0. The van der Waals surface area contributed by atoms with Crippen LogP contribution in [0.15, 0.2) is 0 Å². The first kappa shape index (κ1) is 15.3. The molecular weight excluding hydrogens is 229 g/mol. The Bertz CT molecular complexity index is 108. The van der Waals surface area contributed by atoms with E-state index in [9.17, 15) is 5.11 Å². The fraction of sp³-hybridized carbons (Fsp3) is 1.00. The van der Waals surface area contributed by atoms with E-state index in [1.807, 2.05) is 13.8 Å². The van der Waals surface area contributed by atoms with Gasteiger partial charge >= 0.3 is 0 Å². The molecule has 0 heterocycles. The Morgan fingerprint density at radius 1 is 1.25 bits per heavy atom. The molecule has 2 nitrogen and oxygen atoms in total. The summed E-state index contributed by atoms with van der Waals surface area (Å²) in [5.74, 6) is 0. The van der Waals surface area contributed by atoms with Crippen molar-refractivity contribution in [1.29, 1.82) is 0 Å². The maximum Gasteiger partial charge on any atom is 0.0743 e. The summed E-state index contributed by atoms with van der Waals surface area (Å²) in [6.07, 6.45) is 0. The van der Waals surface area contributed by atoms with Crippen LogP contribution in [0.5, 0.6) is 0 Å². The van der Waals surface area contributed by atoms with Crippen LogP contribution in [0.1, 0.15) is 34.6 Å². The van der Waals surface area contributed by atoms with Crippen molar-refractivity contribution in [2.75, 3.05) is 13.1 Å². The largest absolute Gasteiger partial charge is 0.389 e. The number of hydrogen-bond acceptors (Lipinski definition) is 2. The Hall–Kier alpha value is 0.803. The van der Waals surface area contributed by atoms with Crippen molar-refractivity contribution in [3.05, 3.63) is 0 Å². The number of aliphatic hydroxyl groups is 1. The molecule has 0 spiro atoms. The van der Waals surface area contributed by atoms with Gasteiger partial charge in [0.25, 0.3) is 0 Å². The fourth-order valence-corrected chi connectivity index (χ4v) is 1.22. The summed E-state index contributed by atoms with van der Waals surface area (Å²) in [5.41, 5.74) is -0.591. The van der Waals surface area contributed by atoms with E-state index in [1.165, 1.54) is 0 Å². The van der Waals surface area contributed by atoms with E-state index in [1.54, 1.807) is 0 Å². The van der Waals surface area contributed by atoms with E-state index < -0.39 is 5.60 Å². The van der Waals surface area contributed by atoms with Gasteiger partial charge in [0, 0.05) is 32.2 Å². The van der Waals surface area contributed by atoms with E-state index in [4.69, 9.17) is 0 Å². The standard InChI is InChI=1S/C9H21NO.Zr/c1-6-10(7-2)8(3)9(4,5)11;/h8,11H,6-7H2,1-5H3;. The van der Waals surface area contributed by atoms with Gasteiger partial charge in [-0.3, -0.25) is 4.90 Å². The topological polar surface area (TPSA) is 23.5 Å². The predicted octanol–water partition coefficient (Wildman–Crippen LogP) is 1.49.